The zero-order valence-corrected chi connectivity index (χ0v) is 16.8. The largest absolute Gasteiger partial charge is 0.355 e. The molecule has 1 aromatic rings. The molecule has 1 aromatic carbocycles. The average Bonchev–Trinajstić information content (AvgIpc) is 2.50. The first-order valence-corrected chi connectivity index (χ1v) is 9.13. The summed E-state index contributed by atoms with van der Waals surface area (Å²) < 4.78 is 0. The molecule has 1 aliphatic heterocycles. The Kier molecular flexibility index (Phi) is 8.34. The topological polar surface area (TPSA) is 41.1 Å². The fourth-order valence-corrected chi connectivity index (χ4v) is 3.43. The normalized spacial score (nSPS) is 16.0. The van der Waals surface area contributed by atoms with Crippen LogP contribution in [0.1, 0.15) is 39.2 Å². The molecule has 6 heteroatoms. The summed E-state index contributed by atoms with van der Waals surface area (Å²) in [6.07, 6.45) is 1.86. The molecule has 2 N–H and O–H groups in total. The van der Waals surface area contributed by atoms with Gasteiger partial charge in [0, 0.05) is 17.9 Å². The van der Waals surface area contributed by atoms with Crippen LogP contribution in [0.15, 0.2) is 18.2 Å². The third kappa shape index (κ3) is 4.57. The van der Waals surface area contributed by atoms with E-state index in [2.05, 4.69) is 24.5 Å². The van der Waals surface area contributed by atoms with Gasteiger partial charge in [-0.3, -0.25) is 4.79 Å². The van der Waals surface area contributed by atoms with E-state index in [9.17, 15) is 4.79 Å². The van der Waals surface area contributed by atoms with Crippen LogP contribution in [-0.4, -0.2) is 25.5 Å². The van der Waals surface area contributed by atoms with E-state index in [0.29, 0.717) is 22.5 Å². The Hall–Kier alpha value is -0.480. The number of hydrogen-bond acceptors (Lipinski definition) is 2. The lowest BCUT2D eigenvalue weighted by Crippen LogP contribution is -2.51. The lowest BCUT2D eigenvalue weighted by molar-refractivity contribution is -0.127. The van der Waals surface area contributed by atoms with E-state index in [-0.39, 0.29) is 29.6 Å². The summed E-state index contributed by atoms with van der Waals surface area (Å²) in [4.78, 5) is 12.4. The molecule has 1 amide bonds. The first kappa shape index (κ1) is 21.6. The molecular weight excluding hydrogens is 367 g/mol. The lowest BCUT2D eigenvalue weighted by atomic mass is 9.75. The number of benzene rings is 1. The maximum absolute atomic E-state index is 12.4. The molecule has 2 rings (SSSR count). The second kappa shape index (κ2) is 9.28. The highest BCUT2D eigenvalue weighted by Crippen LogP contribution is 2.35. The molecular formula is C18H27Cl3N2O. The fourth-order valence-electron chi connectivity index (χ4n) is 3.13. The Morgan fingerprint density at radius 1 is 1.29 bits per heavy atom. The summed E-state index contributed by atoms with van der Waals surface area (Å²) in [6, 6.07) is 5.79. The van der Waals surface area contributed by atoms with E-state index in [1.807, 2.05) is 25.1 Å². The molecule has 0 aliphatic carbocycles. The summed E-state index contributed by atoms with van der Waals surface area (Å²) in [7, 11) is 0. The van der Waals surface area contributed by atoms with Crippen molar-refractivity contribution in [1.82, 2.24) is 10.6 Å². The minimum absolute atomic E-state index is 0. The molecule has 1 saturated heterocycles. The van der Waals surface area contributed by atoms with E-state index in [0.717, 1.165) is 31.5 Å². The Morgan fingerprint density at radius 2 is 1.92 bits per heavy atom. The molecule has 1 atom stereocenters. The fraction of sp³-hybridized carbons (Fsp3) is 0.611. The summed E-state index contributed by atoms with van der Waals surface area (Å²) >= 11 is 12.2. The van der Waals surface area contributed by atoms with Crippen molar-refractivity contribution in [2.24, 2.45) is 11.8 Å². The zero-order valence-electron chi connectivity index (χ0n) is 14.5. The number of rotatable bonds is 7. The van der Waals surface area contributed by atoms with Crippen molar-refractivity contribution in [3.8, 4) is 0 Å². The second-order valence-corrected chi connectivity index (χ2v) is 7.36. The van der Waals surface area contributed by atoms with E-state index in [1.165, 1.54) is 0 Å². The summed E-state index contributed by atoms with van der Waals surface area (Å²) in [5.41, 5.74) is 1.02. The molecule has 0 spiro atoms. The summed E-state index contributed by atoms with van der Waals surface area (Å²) in [6.45, 7) is 8.82. The predicted octanol–water partition coefficient (Wildman–Crippen LogP) is 4.44. The number of amides is 1. The molecule has 136 valence electrons. The minimum atomic E-state index is -0.110. The molecule has 0 aromatic heterocycles. The van der Waals surface area contributed by atoms with E-state index in [4.69, 9.17) is 23.2 Å². The SMILES string of the molecule is CCC(CC)(CNC(=O)C(C)C1CNC1)c1ccc(Cl)c(Cl)c1.Cl. The Bertz CT molecular complexity index is 557. The van der Waals surface area contributed by atoms with Gasteiger partial charge in [0.05, 0.1) is 10.0 Å². The molecule has 1 fully saturated rings. The van der Waals surface area contributed by atoms with E-state index < -0.39 is 0 Å². The highest BCUT2D eigenvalue weighted by molar-refractivity contribution is 6.42. The quantitative estimate of drug-likeness (QED) is 0.719. The summed E-state index contributed by atoms with van der Waals surface area (Å²) in [5.74, 6) is 0.650. The molecule has 1 aliphatic rings. The van der Waals surface area contributed by atoms with Gasteiger partial charge < -0.3 is 10.6 Å². The highest BCUT2D eigenvalue weighted by Gasteiger charge is 2.32. The standard InChI is InChI=1S/C18H26Cl2N2O.ClH/c1-4-18(5-2,14-6-7-15(19)16(20)8-14)11-22-17(23)12(3)13-9-21-10-13;/h6-8,12-13,21H,4-5,9-11H2,1-3H3,(H,22,23);1H. The Balaban J connectivity index is 0.00000288. The highest BCUT2D eigenvalue weighted by atomic mass is 35.5. The third-order valence-corrected chi connectivity index (χ3v) is 6.16. The van der Waals surface area contributed by atoms with Crippen LogP contribution in [0.5, 0.6) is 0 Å². The number of nitrogens with one attached hydrogen (secondary N) is 2. The van der Waals surface area contributed by atoms with Crippen molar-refractivity contribution in [2.75, 3.05) is 19.6 Å². The molecule has 0 bridgehead atoms. The van der Waals surface area contributed by atoms with Gasteiger partial charge >= 0.3 is 0 Å². The van der Waals surface area contributed by atoms with Crippen molar-refractivity contribution in [3.05, 3.63) is 33.8 Å². The zero-order chi connectivity index (χ0) is 17.0. The van der Waals surface area contributed by atoms with Crippen LogP contribution in [-0.2, 0) is 10.2 Å². The van der Waals surface area contributed by atoms with Crippen LogP contribution < -0.4 is 10.6 Å². The number of carbonyl (C=O) groups is 1. The first-order valence-electron chi connectivity index (χ1n) is 8.37. The van der Waals surface area contributed by atoms with Gasteiger partial charge in [0.25, 0.3) is 0 Å². The van der Waals surface area contributed by atoms with Crippen LogP contribution in [0.2, 0.25) is 10.0 Å². The maximum Gasteiger partial charge on any atom is 0.223 e. The Morgan fingerprint density at radius 3 is 2.38 bits per heavy atom. The molecule has 1 heterocycles. The van der Waals surface area contributed by atoms with Gasteiger partial charge in [-0.1, -0.05) is 50.0 Å². The van der Waals surface area contributed by atoms with Crippen LogP contribution in [0.3, 0.4) is 0 Å². The third-order valence-electron chi connectivity index (χ3n) is 5.42. The second-order valence-electron chi connectivity index (χ2n) is 6.54. The van der Waals surface area contributed by atoms with Gasteiger partial charge in [0.2, 0.25) is 5.91 Å². The van der Waals surface area contributed by atoms with Crippen molar-refractivity contribution < 1.29 is 4.79 Å². The van der Waals surface area contributed by atoms with Crippen molar-refractivity contribution in [2.45, 2.75) is 39.0 Å². The van der Waals surface area contributed by atoms with E-state index in [1.54, 1.807) is 0 Å². The van der Waals surface area contributed by atoms with Crippen molar-refractivity contribution in [1.29, 1.82) is 0 Å². The van der Waals surface area contributed by atoms with Gasteiger partial charge in [-0.2, -0.15) is 0 Å². The molecule has 0 radical (unpaired) electrons. The number of halogens is 3. The smallest absolute Gasteiger partial charge is 0.223 e. The van der Waals surface area contributed by atoms with Crippen molar-refractivity contribution in [3.63, 3.8) is 0 Å². The maximum atomic E-state index is 12.4. The van der Waals surface area contributed by atoms with Gasteiger partial charge in [0.15, 0.2) is 0 Å². The molecule has 1 unspecified atom stereocenters. The minimum Gasteiger partial charge on any atom is -0.355 e. The average molecular weight is 394 g/mol. The molecule has 0 saturated carbocycles. The first-order chi connectivity index (χ1) is 10.9. The monoisotopic (exact) mass is 392 g/mol. The van der Waals surface area contributed by atoms with Crippen LogP contribution in [0, 0.1) is 11.8 Å². The summed E-state index contributed by atoms with van der Waals surface area (Å²) in [5, 5.41) is 7.51. The van der Waals surface area contributed by atoms with Gasteiger partial charge in [-0.25, -0.2) is 0 Å². The van der Waals surface area contributed by atoms with Gasteiger partial charge in [-0.05, 0) is 49.5 Å². The van der Waals surface area contributed by atoms with Crippen LogP contribution >= 0.6 is 35.6 Å². The van der Waals surface area contributed by atoms with Crippen LogP contribution in [0.4, 0.5) is 0 Å². The van der Waals surface area contributed by atoms with Crippen molar-refractivity contribution >= 4 is 41.5 Å². The lowest BCUT2D eigenvalue weighted by Gasteiger charge is -2.35. The number of carbonyl (C=O) groups excluding carboxylic acids is 1. The van der Waals surface area contributed by atoms with Gasteiger partial charge in [-0.15, -0.1) is 12.4 Å². The number of hydrogen-bond donors (Lipinski definition) is 2. The van der Waals surface area contributed by atoms with Gasteiger partial charge in [0.1, 0.15) is 0 Å². The van der Waals surface area contributed by atoms with E-state index >= 15 is 0 Å². The molecule has 3 nitrogen and oxygen atoms in total. The predicted molar refractivity (Wildman–Crippen MR) is 105 cm³/mol. The van der Waals surface area contributed by atoms with Crippen LogP contribution in [0.25, 0.3) is 0 Å². The molecule has 24 heavy (non-hydrogen) atoms. The Labute approximate surface area is 161 Å².